The van der Waals surface area contributed by atoms with Crippen LogP contribution in [0, 0.1) is 0 Å². The van der Waals surface area contributed by atoms with Crippen molar-refractivity contribution in [2.24, 2.45) is 0 Å². The number of carboxylic acid groups (broad SMARTS) is 1. The highest BCUT2D eigenvalue weighted by molar-refractivity contribution is 5.72. The SMILES string of the molecule is CCCCCc1ccc(-c2ccc(-c3ccc(CC(=O)O)cc3)cc2)nc1. The summed E-state index contributed by atoms with van der Waals surface area (Å²) in [7, 11) is 0. The fourth-order valence-electron chi connectivity index (χ4n) is 3.15. The van der Waals surface area contributed by atoms with E-state index in [4.69, 9.17) is 5.11 Å². The Morgan fingerprint density at radius 3 is 1.96 bits per heavy atom. The molecule has 27 heavy (non-hydrogen) atoms. The Morgan fingerprint density at radius 1 is 0.815 bits per heavy atom. The number of pyridine rings is 1. The lowest BCUT2D eigenvalue weighted by Gasteiger charge is -2.07. The summed E-state index contributed by atoms with van der Waals surface area (Å²) < 4.78 is 0. The molecular formula is C24H25NO2. The molecule has 3 rings (SSSR count). The predicted octanol–water partition coefficient (Wildman–Crippen LogP) is 5.78. The van der Waals surface area contributed by atoms with E-state index in [2.05, 4.69) is 48.3 Å². The topological polar surface area (TPSA) is 50.2 Å². The van der Waals surface area contributed by atoms with Gasteiger partial charge in [-0.2, -0.15) is 0 Å². The molecule has 0 saturated heterocycles. The van der Waals surface area contributed by atoms with Gasteiger partial charge in [0, 0.05) is 11.8 Å². The van der Waals surface area contributed by atoms with Crippen molar-refractivity contribution < 1.29 is 9.90 Å². The minimum Gasteiger partial charge on any atom is -0.481 e. The Kier molecular flexibility index (Phi) is 6.37. The van der Waals surface area contributed by atoms with Crippen LogP contribution in [0.1, 0.15) is 37.3 Å². The van der Waals surface area contributed by atoms with E-state index in [0.29, 0.717) is 0 Å². The molecule has 0 aliphatic heterocycles. The van der Waals surface area contributed by atoms with Crippen molar-refractivity contribution >= 4 is 5.97 Å². The molecule has 0 fully saturated rings. The van der Waals surface area contributed by atoms with Crippen LogP contribution >= 0.6 is 0 Å². The van der Waals surface area contributed by atoms with E-state index in [1.807, 2.05) is 30.5 Å². The quantitative estimate of drug-likeness (QED) is 0.519. The van der Waals surface area contributed by atoms with Gasteiger partial charge in [0.1, 0.15) is 0 Å². The fraction of sp³-hybridized carbons (Fsp3) is 0.250. The Bertz CT molecular complexity index is 866. The number of hydrogen-bond donors (Lipinski definition) is 1. The van der Waals surface area contributed by atoms with E-state index < -0.39 is 5.97 Å². The molecule has 0 unspecified atom stereocenters. The van der Waals surface area contributed by atoms with Crippen molar-refractivity contribution in [1.82, 2.24) is 4.98 Å². The van der Waals surface area contributed by atoms with Crippen LogP contribution in [0.4, 0.5) is 0 Å². The van der Waals surface area contributed by atoms with Crippen molar-refractivity contribution in [3.63, 3.8) is 0 Å². The van der Waals surface area contributed by atoms with E-state index in [1.165, 1.54) is 24.8 Å². The van der Waals surface area contributed by atoms with Crippen molar-refractivity contribution in [3.05, 3.63) is 78.0 Å². The van der Waals surface area contributed by atoms with Gasteiger partial charge in [-0.15, -0.1) is 0 Å². The minimum absolute atomic E-state index is 0.0549. The van der Waals surface area contributed by atoms with Gasteiger partial charge < -0.3 is 5.11 Å². The van der Waals surface area contributed by atoms with E-state index in [9.17, 15) is 4.79 Å². The molecule has 0 atom stereocenters. The predicted molar refractivity (Wildman–Crippen MR) is 110 cm³/mol. The van der Waals surface area contributed by atoms with Crippen LogP contribution in [0.5, 0.6) is 0 Å². The number of carboxylic acids is 1. The highest BCUT2D eigenvalue weighted by Gasteiger charge is 2.04. The maximum absolute atomic E-state index is 10.8. The van der Waals surface area contributed by atoms with Gasteiger partial charge in [0.15, 0.2) is 0 Å². The van der Waals surface area contributed by atoms with Gasteiger partial charge >= 0.3 is 5.97 Å². The summed E-state index contributed by atoms with van der Waals surface area (Å²) in [4.78, 5) is 15.4. The second kappa shape index (κ2) is 9.13. The van der Waals surface area contributed by atoms with Crippen LogP contribution in [-0.2, 0) is 17.6 Å². The lowest BCUT2D eigenvalue weighted by atomic mass is 10.0. The first-order chi connectivity index (χ1) is 13.2. The summed E-state index contributed by atoms with van der Waals surface area (Å²) in [5, 5.41) is 8.86. The standard InChI is InChI=1S/C24H25NO2/c1-2-3-4-5-19-8-15-23(25-17-19)22-13-11-21(12-14-22)20-9-6-18(7-10-20)16-24(26)27/h6-15,17H,2-5,16H2,1H3,(H,26,27). The molecule has 0 saturated carbocycles. The molecule has 3 nitrogen and oxygen atoms in total. The molecule has 1 N–H and O–H groups in total. The number of hydrogen-bond acceptors (Lipinski definition) is 2. The first-order valence-corrected chi connectivity index (χ1v) is 9.52. The second-order valence-electron chi connectivity index (χ2n) is 6.85. The summed E-state index contributed by atoms with van der Waals surface area (Å²) in [5.74, 6) is -0.809. The summed E-state index contributed by atoms with van der Waals surface area (Å²) in [6, 6.07) is 20.3. The van der Waals surface area contributed by atoms with Crippen LogP contribution in [0.25, 0.3) is 22.4 Å². The molecule has 2 aromatic carbocycles. The second-order valence-corrected chi connectivity index (χ2v) is 6.85. The average Bonchev–Trinajstić information content (AvgIpc) is 2.69. The molecule has 0 bridgehead atoms. The summed E-state index contributed by atoms with van der Waals surface area (Å²) in [5.41, 5.74) is 6.38. The van der Waals surface area contributed by atoms with Crippen molar-refractivity contribution in [1.29, 1.82) is 0 Å². The number of carbonyl (C=O) groups is 1. The Hall–Kier alpha value is -2.94. The molecule has 1 aromatic heterocycles. The highest BCUT2D eigenvalue weighted by Crippen LogP contribution is 2.24. The van der Waals surface area contributed by atoms with Crippen LogP contribution in [0.15, 0.2) is 66.9 Å². The van der Waals surface area contributed by atoms with Crippen molar-refractivity contribution in [2.75, 3.05) is 0 Å². The summed E-state index contributed by atoms with van der Waals surface area (Å²) in [6.45, 7) is 2.22. The molecule has 0 radical (unpaired) electrons. The normalized spacial score (nSPS) is 10.7. The number of aliphatic carboxylic acids is 1. The first-order valence-electron chi connectivity index (χ1n) is 9.52. The maximum Gasteiger partial charge on any atom is 0.307 e. The Labute approximate surface area is 160 Å². The zero-order valence-electron chi connectivity index (χ0n) is 15.7. The van der Waals surface area contributed by atoms with Crippen molar-refractivity contribution in [3.8, 4) is 22.4 Å². The largest absolute Gasteiger partial charge is 0.481 e. The number of rotatable bonds is 8. The Morgan fingerprint density at radius 2 is 1.41 bits per heavy atom. The molecule has 1 heterocycles. The van der Waals surface area contributed by atoms with Gasteiger partial charge in [0.05, 0.1) is 12.1 Å². The monoisotopic (exact) mass is 359 g/mol. The van der Waals surface area contributed by atoms with Gasteiger partial charge in [-0.1, -0.05) is 74.4 Å². The molecule has 0 aliphatic rings. The third-order valence-corrected chi connectivity index (χ3v) is 4.72. The molecule has 3 aromatic rings. The highest BCUT2D eigenvalue weighted by atomic mass is 16.4. The molecule has 0 aliphatic carbocycles. The number of nitrogens with zero attached hydrogens (tertiary/aromatic N) is 1. The Balaban J connectivity index is 1.68. The van der Waals surface area contributed by atoms with Gasteiger partial charge in [0.25, 0.3) is 0 Å². The van der Waals surface area contributed by atoms with Gasteiger partial charge in [-0.25, -0.2) is 0 Å². The van der Waals surface area contributed by atoms with E-state index in [0.717, 1.165) is 34.4 Å². The zero-order valence-corrected chi connectivity index (χ0v) is 15.7. The third-order valence-electron chi connectivity index (χ3n) is 4.72. The van der Waals surface area contributed by atoms with Crippen LogP contribution < -0.4 is 0 Å². The smallest absolute Gasteiger partial charge is 0.307 e. The number of aryl methyl sites for hydroxylation is 1. The number of aromatic nitrogens is 1. The van der Waals surface area contributed by atoms with Gasteiger partial charge in [0.2, 0.25) is 0 Å². The molecule has 0 amide bonds. The molecule has 138 valence electrons. The van der Waals surface area contributed by atoms with E-state index in [-0.39, 0.29) is 6.42 Å². The number of unbranched alkanes of at least 4 members (excludes halogenated alkanes) is 2. The number of benzene rings is 2. The maximum atomic E-state index is 10.8. The van der Waals surface area contributed by atoms with Crippen LogP contribution in [0.2, 0.25) is 0 Å². The van der Waals surface area contributed by atoms with Gasteiger partial charge in [-0.05, 0) is 41.2 Å². The van der Waals surface area contributed by atoms with E-state index in [1.54, 1.807) is 0 Å². The zero-order chi connectivity index (χ0) is 19.1. The van der Waals surface area contributed by atoms with E-state index >= 15 is 0 Å². The lowest BCUT2D eigenvalue weighted by Crippen LogP contribution is -1.99. The van der Waals surface area contributed by atoms with Crippen molar-refractivity contribution in [2.45, 2.75) is 39.0 Å². The minimum atomic E-state index is -0.809. The summed E-state index contributed by atoms with van der Waals surface area (Å²) in [6.07, 6.45) is 6.86. The average molecular weight is 359 g/mol. The lowest BCUT2D eigenvalue weighted by molar-refractivity contribution is -0.136. The van der Waals surface area contributed by atoms with Gasteiger partial charge in [-0.3, -0.25) is 9.78 Å². The fourth-order valence-corrected chi connectivity index (χ4v) is 3.15. The third kappa shape index (κ3) is 5.27. The molecule has 0 spiro atoms. The molecule has 3 heteroatoms. The van der Waals surface area contributed by atoms with Crippen LogP contribution in [-0.4, -0.2) is 16.1 Å². The molecular weight excluding hydrogens is 334 g/mol. The summed E-state index contributed by atoms with van der Waals surface area (Å²) >= 11 is 0. The van der Waals surface area contributed by atoms with Crippen LogP contribution in [0.3, 0.4) is 0 Å². The first kappa shape index (κ1) is 18.8.